The maximum Gasteiger partial charge on any atom is 0.309 e. The highest BCUT2D eigenvalue weighted by Crippen LogP contribution is 2.40. The summed E-state index contributed by atoms with van der Waals surface area (Å²) < 4.78 is 10.3. The van der Waals surface area contributed by atoms with Gasteiger partial charge in [0.2, 0.25) is 0 Å². The van der Waals surface area contributed by atoms with Gasteiger partial charge < -0.3 is 9.47 Å². The number of benzene rings is 1. The largest absolute Gasteiger partial charge is 0.495 e. The van der Waals surface area contributed by atoms with Crippen LogP contribution in [-0.4, -0.2) is 31.3 Å². The number of Topliss-reactive ketones (excluding diaryl/α,β-unsaturated/α-hetero) is 2. The number of methoxy groups -OCH3 is 1. The summed E-state index contributed by atoms with van der Waals surface area (Å²) in [6, 6.07) is 4.69. The van der Waals surface area contributed by atoms with Crippen molar-refractivity contribution in [2.75, 3.05) is 13.7 Å². The van der Waals surface area contributed by atoms with Crippen molar-refractivity contribution >= 4 is 29.1 Å². The van der Waals surface area contributed by atoms with Gasteiger partial charge in [0.15, 0.2) is 12.4 Å². The van der Waals surface area contributed by atoms with Crippen LogP contribution in [0.1, 0.15) is 42.5 Å². The van der Waals surface area contributed by atoms with Crippen molar-refractivity contribution < 1.29 is 23.9 Å². The van der Waals surface area contributed by atoms with Crippen LogP contribution in [0, 0.1) is 17.8 Å². The van der Waals surface area contributed by atoms with Crippen molar-refractivity contribution in [1.29, 1.82) is 0 Å². The second-order valence-corrected chi connectivity index (χ2v) is 7.18. The average Bonchev–Trinajstić information content (AvgIpc) is 2.59. The number of carbonyl (C=O) groups is 3. The topological polar surface area (TPSA) is 69.7 Å². The predicted molar refractivity (Wildman–Crippen MR) is 91.9 cm³/mol. The molecule has 1 aromatic carbocycles. The number of ketones is 2. The zero-order valence-corrected chi connectivity index (χ0v) is 14.9. The first-order valence-electron chi connectivity index (χ1n) is 8.56. The quantitative estimate of drug-likeness (QED) is 0.591. The Labute approximate surface area is 151 Å². The van der Waals surface area contributed by atoms with E-state index in [1.54, 1.807) is 12.1 Å². The summed E-state index contributed by atoms with van der Waals surface area (Å²) in [5.74, 6) is -0.210. The van der Waals surface area contributed by atoms with E-state index in [0.717, 1.165) is 19.3 Å². The minimum absolute atomic E-state index is 0.0128. The summed E-state index contributed by atoms with van der Waals surface area (Å²) >= 11 is 6.01. The Morgan fingerprint density at radius 2 is 1.88 bits per heavy atom. The van der Waals surface area contributed by atoms with Crippen LogP contribution in [0.5, 0.6) is 5.75 Å². The number of hydrogen-bond donors (Lipinski definition) is 0. The van der Waals surface area contributed by atoms with E-state index in [2.05, 4.69) is 0 Å². The molecule has 0 heterocycles. The summed E-state index contributed by atoms with van der Waals surface area (Å²) in [5.41, 5.74) is 0.370. The Morgan fingerprint density at radius 3 is 2.48 bits per heavy atom. The van der Waals surface area contributed by atoms with Gasteiger partial charge in [-0.15, -0.1) is 0 Å². The van der Waals surface area contributed by atoms with Gasteiger partial charge in [-0.05, 0) is 43.9 Å². The van der Waals surface area contributed by atoms with E-state index in [4.69, 9.17) is 21.1 Å². The Bertz CT molecular complexity index is 683. The van der Waals surface area contributed by atoms with E-state index in [9.17, 15) is 14.4 Å². The lowest BCUT2D eigenvalue weighted by atomic mass is 9.67. The molecule has 0 aliphatic heterocycles. The van der Waals surface area contributed by atoms with E-state index in [-0.39, 0.29) is 36.1 Å². The Morgan fingerprint density at radius 1 is 1.20 bits per heavy atom. The fraction of sp³-hybridized carbons (Fsp3) is 0.526. The fourth-order valence-electron chi connectivity index (χ4n) is 3.85. The number of halogens is 1. The molecule has 0 unspecified atom stereocenters. The molecule has 0 radical (unpaired) electrons. The molecule has 25 heavy (non-hydrogen) atoms. The molecule has 0 saturated heterocycles. The van der Waals surface area contributed by atoms with Crippen LogP contribution in [0.15, 0.2) is 18.2 Å². The molecular formula is C19H21ClO5. The van der Waals surface area contributed by atoms with Gasteiger partial charge in [-0.3, -0.25) is 14.4 Å². The number of rotatable bonds is 5. The van der Waals surface area contributed by atoms with Crippen LogP contribution in [0.2, 0.25) is 5.02 Å². The van der Waals surface area contributed by atoms with Crippen molar-refractivity contribution in [2.24, 2.45) is 17.8 Å². The van der Waals surface area contributed by atoms with E-state index >= 15 is 0 Å². The Balaban J connectivity index is 1.56. The first-order valence-corrected chi connectivity index (χ1v) is 8.94. The molecule has 6 heteroatoms. The normalized spacial score (nSPS) is 25.4. The lowest BCUT2D eigenvalue weighted by molar-refractivity contribution is -0.152. The molecule has 2 fully saturated rings. The van der Waals surface area contributed by atoms with Gasteiger partial charge in [0.05, 0.1) is 18.1 Å². The average molecular weight is 365 g/mol. The van der Waals surface area contributed by atoms with Crippen molar-refractivity contribution in [2.45, 2.75) is 32.1 Å². The fourth-order valence-corrected chi connectivity index (χ4v) is 4.11. The van der Waals surface area contributed by atoms with Crippen molar-refractivity contribution in [3.63, 3.8) is 0 Å². The first kappa shape index (κ1) is 17.9. The third-order valence-electron chi connectivity index (χ3n) is 5.20. The van der Waals surface area contributed by atoms with Gasteiger partial charge in [0.1, 0.15) is 11.5 Å². The third kappa shape index (κ3) is 3.87. The number of esters is 1. The highest BCUT2D eigenvalue weighted by molar-refractivity contribution is 6.32. The monoisotopic (exact) mass is 364 g/mol. The molecule has 0 aromatic heterocycles. The summed E-state index contributed by atoms with van der Waals surface area (Å²) in [7, 11) is 1.49. The molecule has 3 rings (SSSR count). The highest BCUT2D eigenvalue weighted by Gasteiger charge is 2.41. The van der Waals surface area contributed by atoms with Gasteiger partial charge in [-0.25, -0.2) is 0 Å². The maximum absolute atomic E-state index is 12.3. The van der Waals surface area contributed by atoms with Crippen LogP contribution in [0.3, 0.4) is 0 Å². The molecule has 2 aliphatic carbocycles. The third-order valence-corrected chi connectivity index (χ3v) is 5.50. The lowest BCUT2D eigenvalue weighted by Gasteiger charge is -2.36. The summed E-state index contributed by atoms with van der Waals surface area (Å²) in [6.45, 7) is -0.318. The predicted octanol–water partition coefficient (Wildman–Crippen LogP) is 3.47. The van der Waals surface area contributed by atoms with Gasteiger partial charge in [-0.2, -0.15) is 0 Å². The van der Waals surface area contributed by atoms with Crippen LogP contribution in [0.25, 0.3) is 0 Å². The van der Waals surface area contributed by atoms with E-state index in [1.807, 2.05) is 0 Å². The Hall–Kier alpha value is -1.88. The molecule has 5 nitrogen and oxygen atoms in total. The van der Waals surface area contributed by atoms with E-state index in [0.29, 0.717) is 35.0 Å². The minimum atomic E-state index is -0.377. The lowest BCUT2D eigenvalue weighted by Crippen LogP contribution is -2.39. The maximum atomic E-state index is 12.3. The summed E-state index contributed by atoms with van der Waals surface area (Å²) in [4.78, 5) is 36.6. The second-order valence-electron chi connectivity index (χ2n) is 6.78. The highest BCUT2D eigenvalue weighted by atomic mass is 35.5. The van der Waals surface area contributed by atoms with E-state index in [1.165, 1.54) is 13.2 Å². The molecule has 0 N–H and O–H groups in total. The smallest absolute Gasteiger partial charge is 0.309 e. The van der Waals surface area contributed by atoms with Gasteiger partial charge in [0.25, 0.3) is 0 Å². The number of hydrogen-bond acceptors (Lipinski definition) is 5. The van der Waals surface area contributed by atoms with Crippen molar-refractivity contribution in [1.82, 2.24) is 0 Å². The molecule has 2 bridgehead atoms. The van der Waals surface area contributed by atoms with Crippen molar-refractivity contribution in [3.05, 3.63) is 28.8 Å². The van der Waals surface area contributed by atoms with Crippen LogP contribution in [0.4, 0.5) is 0 Å². The van der Waals surface area contributed by atoms with Gasteiger partial charge in [0, 0.05) is 17.4 Å². The number of ether oxygens (including phenoxy) is 2. The van der Waals surface area contributed by atoms with E-state index < -0.39 is 0 Å². The minimum Gasteiger partial charge on any atom is -0.495 e. The molecule has 134 valence electrons. The summed E-state index contributed by atoms with van der Waals surface area (Å²) in [6.07, 6.45) is 3.89. The second kappa shape index (κ2) is 7.56. The molecule has 1 aromatic rings. The number of fused-ring (bicyclic) bond motifs is 2. The molecule has 2 aliphatic rings. The van der Waals surface area contributed by atoms with Gasteiger partial charge in [-0.1, -0.05) is 18.0 Å². The number of carbonyl (C=O) groups excluding carboxylic acids is 3. The van der Waals surface area contributed by atoms with Crippen LogP contribution < -0.4 is 4.74 Å². The molecule has 2 atom stereocenters. The van der Waals surface area contributed by atoms with Crippen LogP contribution in [-0.2, 0) is 14.3 Å². The van der Waals surface area contributed by atoms with Crippen molar-refractivity contribution in [3.8, 4) is 5.75 Å². The molecule has 0 spiro atoms. The first-order chi connectivity index (χ1) is 12.0. The molecular weight excluding hydrogens is 344 g/mol. The zero-order valence-electron chi connectivity index (χ0n) is 14.1. The molecule has 0 amide bonds. The Kier molecular flexibility index (Phi) is 5.42. The summed E-state index contributed by atoms with van der Waals surface area (Å²) in [5, 5.41) is 0.332. The zero-order chi connectivity index (χ0) is 18.0. The van der Waals surface area contributed by atoms with Crippen LogP contribution >= 0.6 is 11.6 Å². The molecule has 2 saturated carbocycles. The van der Waals surface area contributed by atoms with Gasteiger partial charge >= 0.3 is 5.97 Å². The standard InChI is InChI=1S/C19H21ClO5/c1-24-17-6-5-11(9-15(17)20)16(21)10-25-19(23)14-7-12-3-2-4-13(8-14)18(12)22/h5-6,9,12-14H,2-4,7-8,10H2,1H3/t12-,13-/m1/s1. The SMILES string of the molecule is COc1ccc(C(=O)COC(=O)C2C[C@H]3CCC[C@H](C2)C3=O)cc1Cl.